The van der Waals surface area contributed by atoms with Crippen LogP contribution in [-0.4, -0.2) is 55.6 Å². The highest BCUT2D eigenvalue weighted by atomic mass is 19.4. The van der Waals surface area contributed by atoms with Gasteiger partial charge in [-0.25, -0.2) is 9.67 Å². The lowest BCUT2D eigenvalue weighted by Gasteiger charge is -2.18. The third-order valence-corrected chi connectivity index (χ3v) is 5.59. The van der Waals surface area contributed by atoms with E-state index < -0.39 is 24.0 Å². The molecule has 13 heteroatoms. The number of hydrogen-bond acceptors (Lipinski definition) is 6. The Bertz CT molecular complexity index is 1250. The van der Waals surface area contributed by atoms with Gasteiger partial charge in [-0.3, -0.25) is 19.2 Å². The molecule has 1 fully saturated rings. The summed E-state index contributed by atoms with van der Waals surface area (Å²) in [4.78, 5) is 31.6. The van der Waals surface area contributed by atoms with E-state index in [1.165, 1.54) is 27.8 Å². The summed E-state index contributed by atoms with van der Waals surface area (Å²) >= 11 is 0. The number of carbonyl (C=O) groups is 2. The van der Waals surface area contributed by atoms with Crippen molar-refractivity contribution in [3.8, 4) is 5.82 Å². The molecule has 2 N–H and O–H groups in total. The second kappa shape index (κ2) is 9.13. The predicted molar refractivity (Wildman–Crippen MR) is 121 cm³/mol. The van der Waals surface area contributed by atoms with E-state index in [0.717, 1.165) is 0 Å². The van der Waals surface area contributed by atoms with Crippen molar-refractivity contribution in [3.05, 3.63) is 48.0 Å². The summed E-state index contributed by atoms with van der Waals surface area (Å²) in [7, 11) is 1.70. The van der Waals surface area contributed by atoms with Crippen LogP contribution < -0.4 is 15.5 Å². The Morgan fingerprint density at radius 2 is 2.00 bits per heavy atom. The fraction of sp³-hybridized carbons (Fsp3) is 0.409. The van der Waals surface area contributed by atoms with Gasteiger partial charge in [-0.05, 0) is 18.6 Å². The van der Waals surface area contributed by atoms with Gasteiger partial charge in [0.25, 0.3) is 5.91 Å². The first-order valence-electron chi connectivity index (χ1n) is 10.9. The van der Waals surface area contributed by atoms with Crippen molar-refractivity contribution in [1.82, 2.24) is 29.9 Å². The van der Waals surface area contributed by atoms with Gasteiger partial charge < -0.3 is 10.6 Å². The molecule has 0 bridgehead atoms. The van der Waals surface area contributed by atoms with Crippen molar-refractivity contribution in [3.63, 3.8) is 0 Å². The van der Waals surface area contributed by atoms with Gasteiger partial charge in [0.2, 0.25) is 5.91 Å². The second-order valence-corrected chi connectivity index (χ2v) is 8.98. The number of nitrogens with one attached hydrogen (secondary N) is 2. The van der Waals surface area contributed by atoms with E-state index in [-0.39, 0.29) is 18.1 Å². The van der Waals surface area contributed by atoms with Crippen LogP contribution in [-0.2, 0) is 18.4 Å². The minimum Gasteiger partial charge on any atom is -0.316 e. The summed E-state index contributed by atoms with van der Waals surface area (Å²) in [5.74, 6) is 0.121. The molecular weight excluding hydrogens is 465 g/mol. The number of anilines is 2. The van der Waals surface area contributed by atoms with Crippen molar-refractivity contribution in [1.29, 1.82) is 0 Å². The molecule has 0 saturated carbocycles. The van der Waals surface area contributed by atoms with Crippen LogP contribution in [0.25, 0.3) is 5.82 Å². The molecule has 3 aromatic rings. The van der Waals surface area contributed by atoms with Crippen LogP contribution >= 0.6 is 0 Å². The molecule has 10 nitrogen and oxygen atoms in total. The van der Waals surface area contributed by atoms with E-state index in [1.807, 2.05) is 13.8 Å². The zero-order valence-electron chi connectivity index (χ0n) is 19.4. The number of nitrogens with zero attached hydrogens (tertiary/aromatic N) is 6. The lowest BCUT2D eigenvalue weighted by atomic mass is 9.92. The van der Waals surface area contributed by atoms with Crippen LogP contribution in [0.1, 0.15) is 36.3 Å². The molecule has 0 spiro atoms. The third kappa shape index (κ3) is 5.50. The van der Waals surface area contributed by atoms with Crippen LogP contribution in [0.3, 0.4) is 0 Å². The Morgan fingerprint density at radius 1 is 1.23 bits per heavy atom. The van der Waals surface area contributed by atoms with E-state index in [0.29, 0.717) is 35.9 Å². The van der Waals surface area contributed by atoms with Crippen LogP contribution in [0, 0.1) is 5.41 Å². The van der Waals surface area contributed by atoms with Gasteiger partial charge in [0.1, 0.15) is 11.4 Å². The van der Waals surface area contributed by atoms with E-state index in [1.54, 1.807) is 30.3 Å². The predicted octanol–water partition coefficient (Wildman–Crippen LogP) is 2.67. The Balaban J connectivity index is 1.48. The molecule has 1 aliphatic heterocycles. The number of carbonyl (C=O) groups excluding carboxylic acids is 2. The first-order chi connectivity index (χ1) is 16.4. The van der Waals surface area contributed by atoms with Crippen molar-refractivity contribution in [2.24, 2.45) is 12.5 Å². The first-order valence-corrected chi connectivity index (χ1v) is 10.9. The fourth-order valence-corrected chi connectivity index (χ4v) is 3.72. The maximum absolute atomic E-state index is 13.0. The molecule has 4 rings (SSSR count). The van der Waals surface area contributed by atoms with Crippen molar-refractivity contribution in [2.75, 3.05) is 23.3 Å². The SMILES string of the molecule is Cn1cc(NC(=O)c2cccc(-n3cc(CNCC(F)(F)F)cn3)n2)c(N2CCC(C)(C)C2=O)n1. The highest BCUT2D eigenvalue weighted by Gasteiger charge is 2.41. The molecule has 35 heavy (non-hydrogen) atoms. The Morgan fingerprint density at radius 3 is 2.69 bits per heavy atom. The zero-order chi connectivity index (χ0) is 25.4. The number of alkyl halides is 3. The number of aromatic nitrogens is 5. The number of halogens is 3. The van der Waals surface area contributed by atoms with Crippen LogP contribution in [0.2, 0.25) is 0 Å². The molecule has 0 aromatic carbocycles. The zero-order valence-corrected chi connectivity index (χ0v) is 19.4. The van der Waals surface area contributed by atoms with E-state index in [4.69, 9.17) is 0 Å². The molecule has 0 radical (unpaired) electrons. The van der Waals surface area contributed by atoms with Crippen LogP contribution in [0.15, 0.2) is 36.8 Å². The van der Waals surface area contributed by atoms with E-state index in [2.05, 4.69) is 25.8 Å². The maximum atomic E-state index is 13.0. The highest BCUT2D eigenvalue weighted by Crippen LogP contribution is 2.36. The van der Waals surface area contributed by atoms with E-state index in [9.17, 15) is 22.8 Å². The van der Waals surface area contributed by atoms with Gasteiger partial charge >= 0.3 is 6.18 Å². The van der Waals surface area contributed by atoms with Crippen molar-refractivity contribution >= 4 is 23.3 Å². The number of hydrogen-bond donors (Lipinski definition) is 2. The molecule has 0 unspecified atom stereocenters. The Kier molecular flexibility index (Phi) is 6.36. The first kappa shape index (κ1) is 24.4. The van der Waals surface area contributed by atoms with Gasteiger partial charge in [0.05, 0.1) is 18.9 Å². The van der Waals surface area contributed by atoms with Gasteiger partial charge in [0.15, 0.2) is 11.6 Å². The minimum absolute atomic E-state index is 0.0184. The minimum atomic E-state index is -4.30. The number of amides is 2. The molecule has 1 aliphatic rings. The molecule has 0 atom stereocenters. The largest absolute Gasteiger partial charge is 0.401 e. The van der Waals surface area contributed by atoms with Crippen molar-refractivity contribution < 1.29 is 22.8 Å². The third-order valence-electron chi connectivity index (χ3n) is 5.59. The topological polar surface area (TPSA) is 110 Å². The number of aryl methyl sites for hydroxylation is 1. The summed E-state index contributed by atoms with van der Waals surface area (Å²) in [6.07, 6.45) is 0.952. The Hall–Kier alpha value is -3.74. The molecule has 0 aliphatic carbocycles. The monoisotopic (exact) mass is 490 g/mol. The van der Waals surface area contributed by atoms with Gasteiger partial charge in [0, 0.05) is 37.3 Å². The van der Waals surface area contributed by atoms with Crippen molar-refractivity contribution in [2.45, 2.75) is 33.0 Å². The summed E-state index contributed by atoms with van der Waals surface area (Å²) in [6.45, 7) is 3.12. The highest BCUT2D eigenvalue weighted by molar-refractivity contribution is 6.07. The number of pyridine rings is 1. The molecule has 4 heterocycles. The summed E-state index contributed by atoms with van der Waals surface area (Å²) < 4.78 is 39.8. The van der Waals surface area contributed by atoms with Crippen LogP contribution in [0.5, 0.6) is 0 Å². The summed E-state index contributed by atoms with van der Waals surface area (Å²) in [5, 5.41) is 13.6. The summed E-state index contributed by atoms with van der Waals surface area (Å²) in [5.41, 5.74) is 0.508. The molecule has 186 valence electrons. The fourth-order valence-electron chi connectivity index (χ4n) is 3.72. The maximum Gasteiger partial charge on any atom is 0.401 e. The molecule has 2 amide bonds. The number of rotatable bonds is 7. The average molecular weight is 490 g/mol. The molecule has 3 aromatic heterocycles. The lowest BCUT2D eigenvalue weighted by molar-refractivity contribution is -0.125. The van der Waals surface area contributed by atoms with E-state index >= 15 is 0 Å². The van der Waals surface area contributed by atoms with Gasteiger partial charge in [-0.2, -0.15) is 23.4 Å². The molecular formula is C22H25F3N8O2. The quantitative estimate of drug-likeness (QED) is 0.527. The van der Waals surface area contributed by atoms with Gasteiger partial charge in [-0.15, -0.1) is 0 Å². The standard InChI is InChI=1S/C22H25F3N8O2/c1-21(2)7-8-32(20(21)35)18-16(12-31(3)30-18)29-19(34)15-5-4-6-17(28-15)33-11-14(10-27-33)9-26-13-22(23,24)25/h4-6,10-12,26H,7-9,13H2,1-3H3,(H,29,34). The average Bonchev–Trinajstić information content (AvgIpc) is 3.46. The van der Waals surface area contributed by atoms with Gasteiger partial charge in [-0.1, -0.05) is 19.9 Å². The summed E-state index contributed by atoms with van der Waals surface area (Å²) in [6, 6.07) is 4.77. The Labute approximate surface area is 199 Å². The van der Waals surface area contributed by atoms with Crippen LogP contribution in [0.4, 0.5) is 24.7 Å². The normalized spacial score (nSPS) is 15.6. The second-order valence-electron chi connectivity index (χ2n) is 8.98. The molecule has 1 saturated heterocycles. The lowest BCUT2D eigenvalue weighted by Crippen LogP contribution is -2.32. The smallest absolute Gasteiger partial charge is 0.316 e.